The van der Waals surface area contributed by atoms with Gasteiger partial charge in [-0.15, -0.1) is 0 Å². The molecular formula is C23H27N3O4S. The van der Waals surface area contributed by atoms with Gasteiger partial charge in [-0.25, -0.2) is 10.0 Å². The third-order valence-electron chi connectivity index (χ3n) is 4.87. The van der Waals surface area contributed by atoms with Crippen LogP contribution in [0.5, 0.6) is 5.75 Å². The second kappa shape index (κ2) is 9.26. The van der Waals surface area contributed by atoms with E-state index in [4.69, 9.17) is 9.26 Å². The number of carbonyl (C=O) groups excluding carboxylic acids is 2. The van der Waals surface area contributed by atoms with Crippen LogP contribution in [0, 0.1) is 0 Å². The summed E-state index contributed by atoms with van der Waals surface area (Å²) in [5, 5.41) is 6.51. The Morgan fingerprint density at radius 3 is 2.19 bits per heavy atom. The highest BCUT2D eigenvalue weighted by Crippen LogP contribution is 2.45. The van der Waals surface area contributed by atoms with Gasteiger partial charge in [-0.2, -0.15) is 0 Å². The number of ether oxygens (including phenoxy) is 1. The molecule has 3 aromatic rings. The Morgan fingerprint density at radius 2 is 1.68 bits per heavy atom. The van der Waals surface area contributed by atoms with Crippen LogP contribution in [0.3, 0.4) is 0 Å². The zero-order valence-corrected chi connectivity index (χ0v) is 19.1. The van der Waals surface area contributed by atoms with Crippen LogP contribution < -0.4 is 10.1 Å². The number of amides is 2. The summed E-state index contributed by atoms with van der Waals surface area (Å²) in [7, 11) is 2.27. The molecule has 0 spiro atoms. The molecule has 1 aromatic heterocycles. The van der Waals surface area contributed by atoms with Gasteiger partial charge >= 0.3 is 0 Å². The quantitative estimate of drug-likeness (QED) is 0.594. The van der Waals surface area contributed by atoms with Crippen molar-refractivity contribution in [2.75, 3.05) is 38.2 Å². The molecule has 0 aliphatic rings. The zero-order chi connectivity index (χ0) is 22.6. The van der Waals surface area contributed by atoms with E-state index in [1.807, 2.05) is 24.3 Å². The minimum atomic E-state index is -0.878. The lowest BCUT2D eigenvalue weighted by atomic mass is 10.0. The lowest BCUT2D eigenvalue weighted by Crippen LogP contribution is -2.38. The molecular weight excluding hydrogens is 414 g/mol. The normalized spacial score (nSPS) is 12.7. The molecule has 1 unspecified atom stereocenters. The number of hydrogen-bond acceptors (Lipinski definition) is 5. The molecule has 0 fully saturated rings. The molecule has 2 aromatic carbocycles. The predicted molar refractivity (Wildman–Crippen MR) is 123 cm³/mol. The Hall–Kier alpha value is -3.26. The SMILES string of the molecule is COc1ccc(C(C(=O)Nc2ccc(S(C)(C)C)cc2)N(C)C(=O)c2ccno2)cc1. The summed E-state index contributed by atoms with van der Waals surface area (Å²) in [6.07, 6.45) is 8.03. The molecule has 2 amide bonds. The topological polar surface area (TPSA) is 84.7 Å². The molecule has 0 radical (unpaired) electrons. The van der Waals surface area contributed by atoms with E-state index in [1.165, 1.54) is 22.1 Å². The largest absolute Gasteiger partial charge is 0.497 e. The van der Waals surface area contributed by atoms with E-state index in [2.05, 4.69) is 29.2 Å². The number of nitrogens with one attached hydrogen (secondary N) is 1. The van der Waals surface area contributed by atoms with Gasteiger partial charge in [0.05, 0.1) is 13.3 Å². The fourth-order valence-corrected chi connectivity index (χ4v) is 4.06. The Balaban J connectivity index is 1.89. The highest BCUT2D eigenvalue weighted by Gasteiger charge is 2.31. The summed E-state index contributed by atoms with van der Waals surface area (Å²) in [5.41, 5.74) is 1.31. The van der Waals surface area contributed by atoms with Crippen LogP contribution in [-0.2, 0) is 4.79 Å². The molecule has 31 heavy (non-hydrogen) atoms. The van der Waals surface area contributed by atoms with Crippen molar-refractivity contribution in [3.8, 4) is 5.75 Å². The first-order valence-electron chi connectivity index (χ1n) is 9.62. The first-order valence-corrected chi connectivity index (χ1v) is 12.5. The Bertz CT molecular complexity index is 1030. The molecule has 7 nitrogen and oxygen atoms in total. The maximum atomic E-state index is 13.3. The van der Waals surface area contributed by atoms with Crippen LogP contribution in [0.25, 0.3) is 0 Å². The number of hydrogen-bond donors (Lipinski definition) is 1. The zero-order valence-electron chi connectivity index (χ0n) is 18.3. The van der Waals surface area contributed by atoms with Gasteiger partial charge in [-0.3, -0.25) is 9.59 Å². The van der Waals surface area contributed by atoms with E-state index in [0.29, 0.717) is 17.0 Å². The lowest BCUT2D eigenvalue weighted by molar-refractivity contribution is -0.120. The van der Waals surface area contributed by atoms with E-state index >= 15 is 0 Å². The molecule has 3 rings (SSSR count). The summed E-state index contributed by atoms with van der Waals surface area (Å²) >= 11 is 0. The van der Waals surface area contributed by atoms with Crippen molar-refractivity contribution < 1.29 is 18.8 Å². The summed E-state index contributed by atoms with van der Waals surface area (Å²) < 4.78 is 10.2. The van der Waals surface area contributed by atoms with Gasteiger partial charge in [-0.1, -0.05) is 17.3 Å². The molecule has 0 aliphatic heterocycles. The summed E-state index contributed by atoms with van der Waals surface area (Å²) in [6, 6.07) is 15.4. The van der Waals surface area contributed by atoms with Gasteiger partial charge < -0.3 is 19.5 Å². The Kier molecular flexibility index (Phi) is 6.70. The lowest BCUT2D eigenvalue weighted by Gasteiger charge is -2.28. The number of anilines is 1. The van der Waals surface area contributed by atoms with Gasteiger partial charge in [0.15, 0.2) is 0 Å². The van der Waals surface area contributed by atoms with Gasteiger partial charge in [0.25, 0.3) is 11.8 Å². The third-order valence-corrected chi connectivity index (χ3v) is 6.55. The van der Waals surface area contributed by atoms with Crippen LogP contribution in [0.2, 0.25) is 0 Å². The van der Waals surface area contributed by atoms with Crippen molar-refractivity contribution in [2.45, 2.75) is 10.9 Å². The van der Waals surface area contributed by atoms with Gasteiger partial charge in [0, 0.05) is 18.8 Å². The molecule has 8 heteroatoms. The van der Waals surface area contributed by atoms with Gasteiger partial charge in [0.1, 0.15) is 11.8 Å². The number of carbonyl (C=O) groups is 2. The maximum absolute atomic E-state index is 13.3. The average Bonchev–Trinajstić information content (AvgIpc) is 3.28. The number of likely N-dealkylation sites (N-methyl/N-ethyl adjacent to an activating group) is 1. The highest BCUT2D eigenvalue weighted by atomic mass is 32.3. The molecule has 1 N–H and O–H groups in total. The Labute approximate surface area is 183 Å². The minimum Gasteiger partial charge on any atom is -0.497 e. The summed E-state index contributed by atoms with van der Waals surface area (Å²) in [4.78, 5) is 28.7. The fourth-order valence-electron chi connectivity index (χ4n) is 3.11. The summed E-state index contributed by atoms with van der Waals surface area (Å²) in [5.74, 6) is -0.0600. The molecule has 0 aliphatic carbocycles. The maximum Gasteiger partial charge on any atom is 0.293 e. The molecule has 0 saturated heterocycles. The van der Waals surface area contributed by atoms with Gasteiger partial charge in [-0.05, 0) is 65.6 Å². The van der Waals surface area contributed by atoms with Crippen molar-refractivity contribution in [3.05, 3.63) is 72.1 Å². The number of methoxy groups -OCH3 is 1. The monoisotopic (exact) mass is 441 g/mol. The van der Waals surface area contributed by atoms with Crippen LogP contribution in [0.4, 0.5) is 5.69 Å². The van der Waals surface area contributed by atoms with Crippen molar-refractivity contribution in [3.63, 3.8) is 0 Å². The first kappa shape index (κ1) is 22.4. The van der Waals surface area contributed by atoms with E-state index in [9.17, 15) is 9.59 Å². The molecule has 0 bridgehead atoms. The first-order chi connectivity index (χ1) is 14.7. The van der Waals surface area contributed by atoms with Crippen molar-refractivity contribution >= 4 is 27.5 Å². The number of benzene rings is 2. The van der Waals surface area contributed by atoms with Crippen LogP contribution in [0.15, 0.2) is 70.2 Å². The average molecular weight is 442 g/mol. The van der Waals surface area contributed by atoms with Crippen molar-refractivity contribution in [1.82, 2.24) is 10.1 Å². The van der Waals surface area contributed by atoms with E-state index < -0.39 is 22.0 Å². The highest BCUT2D eigenvalue weighted by molar-refractivity contribution is 8.32. The standard InChI is InChI=1S/C23H27N3O4S/c1-26(23(28)20-14-15-24-30-20)21(16-6-10-18(29-2)11-7-16)22(27)25-17-8-12-19(13-9-17)31(3,4)5/h6-15,21H,1-5H3,(H,25,27). The third kappa shape index (κ3) is 5.27. The second-order valence-electron chi connectivity index (χ2n) is 7.82. The van der Waals surface area contributed by atoms with Gasteiger partial charge in [0.2, 0.25) is 5.76 Å². The predicted octanol–water partition coefficient (Wildman–Crippen LogP) is 4.19. The van der Waals surface area contributed by atoms with Crippen LogP contribution in [-0.4, -0.2) is 54.8 Å². The number of aromatic nitrogens is 1. The minimum absolute atomic E-state index is 0.0614. The number of nitrogens with zero attached hydrogens (tertiary/aromatic N) is 2. The smallest absolute Gasteiger partial charge is 0.293 e. The van der Waals surface area contributed by atoms with Crippen molar-refractivity contribution in [2.24, 2.45) is 0 Å². The van der Waals surface area contributed by atoms with Crippen LogP contribution >= 0.6 is 10.0 Å². The fraction of sp³-hybridized carbons (Fsp3) is 0.261. The summed E-state index contributed by atoms with van der Waals surface area (Å²) in [6.45, 7) is 0. The molecule has 164 valence electrons. The second-order valence-corrected chi connectivity index (χ2v) is 12.0. The van der Waals surface area contributed by atoms with E-state index in [-0.39, 0.29) is 11.7 Å². The molecule has 1 atom stereocenters. The Morgan fingerprint density at radius 1 is 1.03 bits per heavy atom. The molecule has 1 heterocycles. The molecule has 0 saturated carbocycles. The van der Waals surface area contributed by atoms with Crippen LogP contribution in [0.1, 0.15) is 22.2 Å². The number of rotatable bonds is 7. The van der Waals surface area contributed by atoms with Crippen molar-refractivity contribution in [1.29, 1.82) is 0 Å². The van der Waals surface area contributed by atoms with E-state index in [1.54, 1.807) is 38.4 Å². The van der Waals surface area contributed by atoms with E-state index in [0.717, 1.165) is 0 Å².